The Morgan fingerprint density at radius 3 is 2.53 bits per heavy atom. The zero-order valence-electron chi connectivity index (χ0n) is 11.4. The molecule has 1 N–H and O–H groups in total. The van der Waals surface area contributed by atoms with Crippen molar-refractivity contribution in [3.63, 3.8) is 0 Å². The minimum absolute atomic E-state index is 0.129. The van der Waals surface area contributed by atoms with E-state index >= 15 is 0 Å². The molecule has 3 nitrogen and oxygen atoms in total. The van der Waals surface area contributed by atoms with Crippen molar-refractivity contribution in [3.05, 3.63) is 29.8 Å². The minimum atomic E-state index is -3.01. The van der Waals surface area contributed by atoms with Crippen LogP contribution >= 0.6 is 11.8 Å². The average Bonchev–Trinajstić information content (AvgIpc) is 2.84. The van der Waals surface area contributed by atoms with E-state index in [1.165, 1.54) is 12.2 Å². The van der Waals surface area contributed by atoms with Gasteiger partial charge in [0.25, 0.3) is 0 Å². The van der Waals surface area contributed by atoms with Gasteiger partial charge in [0.05, 0.1) is 11.0 Å². The lowest BCUT2D eigenvalue weighted by molar-refractivity contribution is 0.586. The van der Waals surface area contributed by atoms with E-state index in [-0.39, 0.29) is 11.0 Å². The first-order valence-electron chi connectivity index (χ1n) is 6.62. The molecule has 106 valence electrons. The Labute approximate surface area is 120 Å². The molecule has 0 spiro atoms. The standard InChI is InChI=1S/C14H21NO2S2/c1-11(2)19(16,17)10-12-3-5-13(6-4-12)15-14-7-8-18-9-14/h3-6,11,14-15H,7-10H2,1-2H3/t14-/m0/s1. The van der Waals surface area contributed by atoms with Gasteiger partial charge in [0.1, 0.15) is 0 Å². The summed E-state index contributed by atoms with van der Waals surface area (Å²) in [5, 5.41) is 3.16. The topological polar surface area (TPSA) is 46.2 Å². The molecule has 1 aliphatic rings. The Morgan fingerprint density at radius 1 is 1.32 bits per heavy atom. The van der Waals surface area contributed by atoms with Crippen molar-refractivity contribution in [2.45, 2.75) is 37.3 Å². The monoisotopic (exact) mass is 299 g/mol. The van der Waals surface area contributed by atoms with Gasteiger partial charge in [0.15, 0.2) is 9.84 Å². The van der Waals surface area contributed by atoms with Crippen LogP contribution in [0.4, 0.5) is 5.69 Å². The van der Waals surface area contributed by atoms with Crippen LogP contribution in [0, 0.1) is 0 Å². The van der Waals surface area contributed by atoms with Crippen LogP contribution in [0.3, 0.4) is 0 Å². The molecule has 0 saturated carbocycles. The third-order valence-corrected chi connectivity index (χ3v) is 6.68. The fraction of sp³-hybridized carbons (Fsp3) is 0.571. The molecule has 1 heterocycles. The number of benzene rings is 1. The lowest BCUT2D eigenvalue weighted by Crippen LogP contribution is -2.18. The first-order chi connectivity index (χ1) is 8.97. The molecule has 0 aromatic heterocycles. The van der Waals surface area contributed by atoms with Gasteiger partial charge in [-0.1, -0.05) is 12.1 Å². The van der Waals surface area contributed by atoms with Crippen LogP contribution in [0.15, 0.2) is 24.3 Å². The zero-order chi connectivity index (χ0) is 13.9. The number of nitrogens with one attached hydrogen (secondary N) is 1. The van der Waals surface area contributed by atoms with Gasteiger partial charge in [0.2, 0.25) is 0 Å². The van der Waals surface area contributed by atoms with Crippen LogP contribution in [0.25, 0.3) is 0 Å². The lowest BCUT2D eigenvalue weighted by Gasteiger charge is -2.13. The molecule has 2 rings (SSSR count). The summed E-state index contributed by atoms with van der Waals surface area (Å²) in [7, 11) is -3.01. The molecule has 5 heteroatoms. The predicted molar refractivity (Wildman–Crippen MR) is 83.6 cm³/mol. The fourth-order valence-corrected chi connectivity index (χ4v) is 4.12. The number of hydrogen-bond acceptors (Lipinski definition) is 4. The van der Waals surface area contributed by atoms with Gasteiger partial charge in [-0.2, -0.15) is 11.8 Å². The maximum Gasteiger partial charge on any atom is 0.156 e. The Balaban J connectivity index is 1.98. The van der Waals surface area contributed by atoms with Crippen LogP contribution < -0.4 is 5.32 Å². The summed E-state index contributed by atoms with van der Waals surface area (Å²) in [5.74, 6) is 2.51. The highest BCUT2D eigenvalue weighted by molar-refractivity contribution is 7.99. The highest BCUT2D eigenvalue weighted by Crippen LogP contribution is 2.22. The van der Waals surface area contributed by atoms with Gasteiger partial charge in [-0.15, -0.1) is 0 Å². The first kappa shape index (κ1) is 14.7. The second-order valence-electron chi connectivity index (χ2n) is 5.26. The van der Waals surface area contributed by atoms with E-state index in [0.717, 1.165) is 17.0 Å². The Bertz CT molecular complexity index is 503. The number of rotatable bonds is 5. The predicted octanol–water partition coefficient (Wildman–Crippen LogP) is 2.93. The van der Waals surface area contributed by atoms with Gasteiger partial charge < -0.3 is 5.32 Å². The third-order valence-electron chi connectivity index (χ3n) is 3.34. The van der Waals surface area contributed by atoms with Gasteiger partial charge >= 0.3 is 0 Å². The highest BCUT2D eigenvalue weighted by Gasteiger charge is 2.17. The summed E-state index contributed by atoms with van der Waals surface area (Å²) < 4.78 is 23.7. The molecule has 0 amide bonds. The maximum atomic E-state index is 11.8. The van der Waals surface area contributed by atoms with Gasteiger partial charge in [-0.3, -0.25) is 0 Å². The quantitative estimate of drug-likeness (QED) is 0.908. The summed E-state index contributed by atoms with van der Waals surface area (Å²) >= 11 is 1.97. The van der Waals surface area contributed by atoms with E-state index in [2.05, 4.69) is 5.32 Å². The molecule has 1 fully saturated rings. The number of hydrogen-bond donors (Lipinski definition) is 1. The number of sulfone groups is 1. The molecular weight excluding hydrogens is 278 g/mol. The highest BCUT2D eigenvalue weighted by atomic mass is 32.2. The van der Waals surface area contributed by atoms with E-state index in [1.54, 1.807) is 13.8 Å². The van der Waals surface area contributed by atoms with Crippen molar-refractivity contribution in [3.8, 4) is 0 Å². The second kappa shape index (κ2) is 6.18. The summed E-state index contributed by atoms with van der Waals surface area (Å²) in [6.07, 6.45) is 1.20. The number of anilines is 1. The first-order valence-corrected chi connectivity index (χ1v) is 9.49. The van der Waals surface area contributed by atoms with Crippen LogP contribution in [0.2, 0.25) is 0 Å². The molecule has 1 aromatic rings. The van der Waals surface area contributed by atoms with E-state index in [0.29, 0.717) is 6.04 Å². The van der Waals surface area contributed by atoms with Gasteiger partial charge in [-0.25, -0.2) is 8.42 Å². The molecule has 0 bridgehead atoms. The average molecular weight is 299 g/mol. The Kier molecular flexibility index (Phi) is 4.79. The van der Waals surface area contributed by atoms with Crippen LogP contribution in [-0.2, 0) is 15.6 Å². The Hall–Kier alpha value is -0.680. The van der Waals surface area contributed by atoms with Crippen molar-refractivity contribution >= 4 is 27.3 Å². The van der Waals surface area contributed by atoms with Gasteiger partial charge in [-0.05, 0) is 43.7 Å². The van der Waals surface area contributed by atoms with Crippen LogP contribution in [0.5, 0.6) is 0 Å². The third kappa shape index (κ3) is 4.14. The van der Waals surface area contributed by atoms with Crippen molar-refractivity contribution < 1.29 is 8.42 Å². The number of thioether (sulfide) groups is 1. The summed E-state index contributed by atoms with van der Waals surface area (Å²) in [6, 6.07) is 8.33. The molecule has 1 aliphatic heterocycles. The molecule has 1 aromatic carbocycles. The van der Waals surface area contributed by atoms with Crippen LogP contribution in [0.1, 0.15) is 25.8 Å². The molecule has 1 saturated heterocycles. The fourth-order valence-electron chi connectivity index (χ4n) is 1.98. The van der Waals surface area contributed by atoms with E-state index in [4.69, 9.17) is 0 Å². The van der Waals surface area contributed by atoms with Crippen LogP contribution in [-0.4, -0.2) is 31.2 Å². The summed E-state index contributed by atoms with van der Waals surface area (Å²) in [5.41, 5.74) is 1.94. The maximum absolute atomic E-state index is 11.8. The normalized spacial score (nSPS) is 19.8. The van der Waals surface area contributed by atoms with E-state index < -0.39 is 9.84 Å². The van der Waals surface area contributed by atoms with Crippen molar-refractivity contribution in [1.29, 1.82) is 0 Å². The smallest absolute Gasteiger partial charge is 0.156 e. The second-order valence-corrected chi connectivity index (χ2v) is 8.96. The Morgan fingerprint density at radius 2 is 2.00 bits per heavy atom. The molecule has 0 unspecified atom stereocenters. The van der Waals surface area contributed by atoms with Crippen molar-refractivity contribution in [1.82, 2.24) is 0 Å². The minimum Gasteiger partial charge on any atom is -0.381 e. The van der Waals surface area contributed by atoms with E-state index in [9.17, 15) is 8.42 Å². The summed E-state index contributed by atoms with van der Waals surface area (Å²) in [4.78, 5) is 0. The molecule has 1 atom stereocenters. The molecule has 19 heavy (non-hydrogen) atoms. The lowest BCUT2D eigenvalue weighted by atomic mass is 10.2. The summed E-state index contributed by atoms with van der Waals surface area (Å²) in [6.45, 7) is 3.45. The van der Waals surface area contributed by atoms with Gasteiger partial charge in [0, 0.05) is 17.5 Å². The van der Waals surface area contributed by atoms with Crippen molar-refractivity contribution in [2.75, 3.05) is 16.8 Å². The SMILES string of the molecule is CC(C)S(=O)(=O)Cc1ccc(N[C@H]2CCSC2)cc1. The zero-order valence-corrected chi connectivity index (χ0v) is 13.1. The van der Waals surface area contributed by atoms with E-state index in [1.807, 2.05) is 36.0 Å². The van der Waals surface area contributed by atoms with Crippen molar-refractivity contribution in [2.24, 2.45) is 0 Å². The largest absolute Gasteiger partial charge is 0.381 e. The molecular formula is C14H21NO2S2. The molecule has 0 aliphatic carbocycles. The molecule has 0 radical (unpaired) electrons.